The van der Waals surface area contributed by atoms with Crippen LogP contribution in [0.25, 0.3) is 0 Å². The Labute approximate surface area is 204 Å². The van der Waals surface area contributed by atoms with Gasteiger partial charge in [-0.2, -0.15) is 5.10 Å². The summed E-state index contributed by atoms with van der Waals surface area (Å²) in [6.07, 6.45) is 0.344. The molecule has 3 aromatic rings. The smallest absolute Gasteiger partial charge is 0.267 e. The van der Waals surface area contributed by atoms with Crippen molar-refractivity contribution >= 4 is 33.2 Å². The Morgan fingerprint density at radius 1 is 0.886 bits per heavy atom. The second kappa shape index (κ2) is 10.1. The first kappa shape index (κ1) is 24.1. The van der Waals surface area contributed by atoms with Gasteiger partial charge in [0.15, 0.2) is 0 Å². The number of hydrazine groups is 1. The van der Waals surface area contributed by atoms with Crippen molar-refractivity contribution in [3.63, 3.8) is 0 Å². The largest absolute Gasteiger partial charge is 0.285 e. The van der Waals surface area contributed by atoms with Crippen LogP contribution in [0.2, 0.25) is 0 Å². The SMILES string of the molecule is CN(C)S(=O)(=O)c1cccc(C(=O)NNC(=O)C2=NN(c3ccccc3)C(c3ccccc3)C2)c1. The van der Waals surface area contributed by atoms with E-state index in [1.807, 2.05) is 60.7 Å². The summed E-state index contributed by atoms with van der Waals surface area (Å²) in [5.41, 5.74) is 6.93. The third-order valence-corrected chi connectivity index (χ3v) is 7.35. The van der Waals surface area contributed by atoms with Crippen molar-refractivity contribution in [3.8, 4) is 0 Å². The van der Waals surface area contributed by atoms with Crippen LogP contribution in [0, 0.1) is 0 Å². The summed E-state index contributed by atoms with van der Waals surface area (Å²) in [4.78, 5) is 25.4. The van der Waals surface area contributed by atoms with Crippen LogP contribution in [-0.4, -0.2) is 44.3 Å². The molecule has 35 heavy (non-hydrogen) atoms. The molecular formula is C25H25N5O4S. The molecule has 3 aromatic carbocycles. The molecule has 1 aliphatic heterocycles. The molecule has 0 bridgehead atoms. The predicted octanol–water partition coefficient (Wildman–Crippen LogP) is 2.71. The highest BCUT2D eigenvalue weighted by molar-refractivity contribution is 7.89. The van der Waals surface area contributed by atoms with Crippen LogP contribution in [0.5, 0.6) is 0 Å². The summed E-state index contributed by atoms with van der Waals surface area (Å²) in [7, 11) is -0.883. The van der Waals surface area contributed by atoms with E-state index in [1.54, 1.807) is 5.01 Å². The van der Waals surface area contributed by atoms with Gasteiger partial charge in [0.25, 0.3) is 11.8 Å². The van der Waals surface area contributed by atoms with Gasteiger partial charge in [-0.05, 0) is 35.9 Å². The quantitative estimate of drug-likeness (QED) is 0.515. The topological polar surface area (TPSA) is 111 Å². The van der Waals surface area contributed by atoms with Crippen molar-refractivity contribution in [1.82, 2.24) is 15.2 Å². The van der Waals surface area contributed by atoms with Crippen molar-refractivity contribution in [2.45, 2.75) is 17.4 Å². The highest BCUT2D eigenvalue weighted by Crippen LogP contribution is 2.34. The molecule has 1 atom stereocenters. The number of nitrogens with zero attached hydrogens (tertiary/aromatic N) is 3. The lowest BCUT2D eigenvalue weighted by atomic mass is 10.0. The minimum atomic E-state index is -3.70. The van der Waals surface area contributed by atoms with E-state index in [0.29, 0.717) is 6.42 Å². The number of carbonyl (C=O) groups is 2. The van der Waals surface area contributed by atoms with Gasteiger partial charge >= 0.3 is 0 Å². The fraction of sp³-hybridized carbons (Fsp3) is 0.160. The van der Waals surface area contributed by atoms with Crippen molar-refractivity contribution < 1.29 is 18.0 Å². The molecule has 2 N–H and O–H groups in total. The molecule has 0 fully saturated rings. The van der Waals surface area contributed by atoms with Gasteiger partial charge in [-0.3, -0.25) is 25.4 Å². The summed E-state index contributed by atoms with van der Waals surface area (Å²) >= 11 is 0. The van der Waals surface area contributed by atoms with E-state index in [0.717, 1.165) is 15.6 Å². The zero-order chi connectivity index (χ0) is 25.0. The van der Waals surface area contributed by atoms with E-state index in [1.165, 1.54) is 38.4 Å². The number of anilines is 1. The number of sulfonamides is 1. The van der Waals surface area contributed by atoms with E-state index < -0.39 is 21.8 Å². The van der Waals surface area contributed by atoms with Crippen molar-refractivity contribution in [3.05, 3.63) is 96.1 Å². The molecular weight excluding hydrogens is 466 g/mol. The molecule has 0 spiro atoms. The lowest BCUT2D eigenvalue weighted by molar-refractivity contribution is -0.115. The van der Waals surface area contributed by atoms with Crippen LogP contribution in [-0.2, 0) is 14.8 Å². The van der Waals surface area contributed by atoms with Crippen molar-refractivity contribution in [2.24, 2.45) is 5.10 Å². The Morgan fingerprint density at radius 3 is 2.17 bits per heavy atom. The average Bonchev–Trinajstić information content (AvgIpc) is 3.34. The second-order valence-corrected chi connectivity index (χ2v) is 10.2. The van der Waals surface area contributed by atoms with E-state index in [2.05, 4.69) is 16.0 Å². The number of rotatable bonds is 6. The number of carbonyl (C=O) groups excluding carboxylic acids is 2. The molecule has 4 rings (SSSR count). The van der Waals surface area contributed by atoms with Crippen LogP contribution >= 0.6 is 0 Å². The van der Waals surface area contributed by atoms with Gasteiger partial charge < -0.3 is 0 Å². The fourth-order valence-electron chi connectivity index (χ4n) is 3.67. The Kier molecular flexibility index (Phi) is 6.94. The second-order valence-electron chi connectivity index (χ2n) is 8.08. The Morgan fingerprint density at radius 2 is 1.51 bits per heavy atom. The maximum atomic E-state index is 12.9. The molecule has 180 valence electrons. The Balaban J connectivity index is 1.49. The number of hydrogen-bond donors (Lipinski definition) is 2. The number of amides is 2. The molecule has 0 radical (unpaired) electrons. The van der Waals surface area contributed by atoms with E-state index in [9.17, 15) is 18.0 Å². The van der Waals surface area contributed by atoms with Gasteiger partial charge in [-0.1, -0.05) is 54.6 Å². The van der Waals surface area contributed by atoms with Gasteiger partial charge in [0.05, 0.1) is 16.6 Å². The minimum absolute atomic E-state index is 0.0224. The molecule has 0 saturated heterocycles. The van der Waals surface area contributed by atoms with Crippen LogP contribution in [0.3, 0.4) is 0 Å². The third-order valence-electron chi connectivity index (χ3n) is 5.54. The number of para-hydroxylation sites is 1. The van der Waals surface area contributed by atoms with Crippen LogP contribution in [0.1, 0.15) is 28.4 Å². The third kappa shape index (κ3) is 5.23. The molecule has 10 heteroatoms. The van der Waals surface area contributed by atoms with Gasteiger partial charge in [0, 0.05) is 26.1 Å². The summed E-state index contributed by atoms with van der Waals surface area (Å²) in [6.45, 7) is 0. The molecule has 0 aliphatic carbocycles. The zero-order valence-corrected chi connectivity index (χ0v) is 20.1. The van der Waals surface area contributed by atoms with Gasteiger partial charge in [-0.25, -0.2) is 12.7 Å². The zero-order valence-electron chi connectivity index (χ0n) is 19.3. The molecule has 1 unspecified atom stereocenters. The molecule has 9 nitrogen and oxygen atoms in total. The highest BCUT2D eigenvalue weighted by atomic mass is 32.2. The van der Waals surface area contributed by atoms with Crippen molar-refractivity contribution in [2.75, 3.05) is 19.1 Å². The maximum Gasteiger partial charge on any atom is 0.285 e. The number of hydrazone groups is 1. The molecule has 0 saturated carbocycles. The maximum absolute atomic E-state index is 12.9. The predicted molar refractivity (Wildman–Crippen MR) is 133 cm³/mol. The van der Waals surface area contributed by atoms with Gasteiger partial charge in [-0.15, -0.1) is 0 Å². The molecule has 0 aromatic heterocycles. The molecule has 2 amide bonds. The number of hydrogen-bond acceptors (Lipinski definition) is 6. The summed E-state index contributed by atoms with van der Waals surface area (Å²) in [5.74, 6) is -1.19. The van der Waals surface area contributed by atoms with Crippen LogP contribution in [0.4, 0.5) is 5.69 Å². The standard InChI is InChI=1S/C25H25N5O4S/c1-29(2)35(33,34)21-15-9-12-19(16-21)24(31)26-27-25(32)22-17-23(18-10-5-3-6-11-18)30(28-22)20-13-7-4-8-14-20/h3-16,23H,17H2,1-2H3,(H,26,31)(H,27,32). The summed E-state index contributed by atoms with van der Waals surface area (Å²) in [6, 6.07) is 24.7. The molecule has 1 heterocycles. The lowest BCUT2D eigenvalue weighted by Crippen LogP contribution is -2.44. The monoisotopic (exact) mass is 491 g/mol. The number of nitrogens with one attached hydrogen (secondary N) is 2. The van der Waals surface area contributed by atoms with Gasteiger partial charge in [0.1, 0.15) is 5.71 Å². The first-order valence-electron chi connectivity index (χ1n) is 10.9. The van der Waals surface area contributed by atoms with Crippen LogP contribution < -0.4 is 15.9 Å². The Bertz CT molecular complexity index is 1360. The summed E-state index contributed by atoms with van der Waals surface area (Å²) < 4.78 is 25.8. The minimum Gasteiger partial charge on any atom is -0.267 e. The fourth-order valence-corrected chi connectivity index (χ4v) is 4.62. The normalized spacial score (nSPS) is 15.6. The highest BCUT2D eigenvalue weighted by Gasteiger charge is 2.32. The van der Waals surface area contributed by atoms with Gasteiger partial charge in [0.2, 0.25) is 10.0 Å². The van der Waals surface area contributed by atoms with E-state index >= 15 is 0 Å². The Hall–Kier alpha value is -4.02. The number of benzene rings is 3. The molecule has 1 aliphatic rings. The van der Waals surface area contributed by atoms with Crippen molar-refractivity contribution in [1.29, 1.82) is 0 Å². The van der Waals surface area contributed by atoms with E-state index in [4.69, 9.17) is 0 Å². The van der Waals surface area contributed by atoms with E-state index in [-0.39, 0.29) is 22.2 Å². The van der Waals surface area contributed by atoms with Crippen LogP contribution in [0.15, 0.2) is 94.9 Å². The first-order valence-corrected chi connectivity index (χ1v) is 12.3. The lowest BCUT2D eigenvalue weighted by Gasteiger charge is -2.23. The first-order chi connectivity index (χ1) is 16.8. The average molecular weight is 492 g/mol. The summed E-state index contributed by atoms with van der Waals surface area (Å²) in [5, 5.41) is 6.33.